The van der Waals surface area contributed by atoms with Crippen molar-refractivity contribution in [3.05, 3.63) is 86.1 Å². The van der Waals surface area contributed by atoms with Gasteiger partial charge in [0.2, 0.25) is 0 Å². The molecule has 0 saturated heterocycles. The Morgan fingerprint density at radius 2 is 1.93 bits per heavy atom. The first-order valence-corrected chi connectivity index (χ1v) is 8.52. The molecule has 2 aromatic carbocycles. The molecule has 0 radical (unpaired) electrons. The van der Waals surface area contributed by atoms with E-state index in [1.807, 2.05) is 32.0 Å². The maximum absolute atomic E-state index is 12.3. The first-order chi connectivity index (χ1) is 12.8. The molecular weight excluding hydrogens is 366 g/mol. The van der Waals surface area contributed by atoms with Gasteiger partial charge in [-0.3, -0.25) is 20.0 Å². The Morgan fingerprint density at radius 3 is 2.59 bits per heavy atom. The van der Waals surface area contributed by atoms with Gasteiger partial charge in [0.15, 0.2) is 5.78 Å². The van der Waals surface area contributed by atoms with Gasteiger partial charge in [0.05, 0.1) is 16.3 Å². The molecule has 0 saturated carbocycles. The SMILES string of the molecule is Cc1ccc(-c2cc(C=CC(=O)c3ccc([N+](=O)[O-])c(Cl)c3)[nH]n2)cc1C. The van der Waals surface area contributed by atoms with E-state index < -0.39 is 4.92 Å². The van der Waals surface area contributed by atoms with E-state index in [9.17, 15) is 14.9 Å². The summed E-state index contributed by atoms with van der Waals surface area (Å²) in [6, 6.07) is 11.8. The molecule has 0 bridgehead atoms. The number of carbonyl (C=O) groups excluding carboxylic acids is 1. The smallest absolute Gasteiger partial charge is 0.287 e. The fourth-order valence-corrected chi connectivity index (χ4v) is 2.79. The fourth-order valence-electron chi connectivity index (χ4n) is 2.54. The summed E-state index contributed by atoms with van der Waals surface area (Å²) < 4.78 is 0. The quantitative estimate of drug-likeness (QED) is 0.286. The second kappa shape index (κ2) is 7.55. The monoisotopic (exact) mass is 381 g/mol. The van der Waals surface area contributed by atoms with E-state index in [0.717, 1.165) is 11.3 Å². The number of aryl methyl sites for hydroxylation is 2. The zero-order chi connectivity index (χ0) is 19.6. The fraction of sp³-hybridized carbons (Fsp3) is 0.100. The molecule has 6 nitrogen and oxygen atoms in total. The number of hydrogen-bond acceptors (Lipinski definition) is 4. The predicted octanol–water partition coefficient (Wildman–Crippen LogP) is 5.15. The van der Waals surface area contributed by atoms with E-state index in [0.29, 0.717) is 5.69 Å². The summed E-state index contributed by atoms with van der Waals surface area (Å²) in [7, 11) is 0. The number of halogens is 1. The van der Waals surface area contributed by atoms with Crippen LogP contribution >= 0.6 is 11.6 Å². The molecule has 1 aromatic heterocycles. The molecule has 0 spiro atoms. The van der Waals surface area contributed by atoms with E-state index in [4.69, 9.17) is 11.6 Å². The van der Waals surface area contributed by atoms with Crippen LogP contribution in [0.25, 0.3) is 17.3 Å². The minimum absolute atomic E-state index is 0.0715. The molecule has 0 amide bonds. The first kappa shape index (κ1) is 18.5. The van der Waals surface area contributed by atoms with Crippen molar-refractivity contribution in [1.29, 1.82) is 0 Å². The minimum atomic E-state index is -0.592. The molecule has 0 unspecified atom stereocenters. The summed E-state index contributed by atoms with van der Waals surface area (Å²) in [6.07, 6.45) is 2.98. The largest absolute Gasteiger partial charge is 0.289 e. The highest BCUT2D eigenvalue weighted by molar-refractivity contribution is 6.33. The molecule has 0 aliphatic rings. The molecule has 3 aromatic rings. The number of rotatable bonds is 5. The number of nitrogens with one attached hydrogen (secondary N) is 1. The van der Waals surface area contributed by atoms with Crippen LogP contribution in [-0.4, -0.2) is 20.9 Å². The van der Waals surface area contributed by atoms with Crippen LogP contribution in [0.15, 0.2) is 48.5 Å². The van der Waals surface area contributed by atoms with Gasteiger partial charge < -0.3 is 0 Å². The molecule has 136 valence electrons. The number of aromatic amines is 1. The zero-order valence-electron chi connectivity index (χ0n) is 14.7. The lowest BCUT2D eigenvalue weighted by Crippen LogP contribution is -1.96. The van der Waals surface area contributed by atoms with Crippen LogP contribution < -0.4 is 0 Å². The van der Waals surface area contributed by atoms with Crippen molar-refractivity contribution in [2.45, 2.75) is 13.8 Å². The highest BCUT2D eigenvalue weighted by Crippen LogP contribution is 2.25. The average Bonchev–Trinajstić information content (AvgIpc) is 3.10. The van der Waals surface area contributed by atoms with Gasteiger partial charge in [0.1, 0.15) is 5.02 Å². The summed E-state index contributed by atoms with van der Waals surface area (Å²) in [5.41, 5.74) is 4.87. The lowest BCUT2D eigenvalue weighted by Gasteiger charge is -2.01. The third-order valence-electron chi connectivity index (χ3n) is 4.24. The molecule has 0 fully saturated rings. The summed E-state index contributed by atoms with van der Waals surface area (Å²) in [4.78, 5) is 22.5. The summed E-state index contributed by atoms with van der Waals surface area (Å²) in [6.45, 7) is 4.09. The number of nitro benzene ring substituents is 1. The average molecular weight is 382 g/mol. The number of H-pyrrole nitrogens is 1. The highest BCUT2D eigenvalue weighted by atomic mass is 35.5. The van der Waals surface area contributed by atoms with Crippen molar-refractivity contribution >= 4 is 29.1 Å². The molecule has 0 aliphatic carbocycles. The number of allylic oxidation sites excluding steroid dienone is 1. The molecule has 7 heteroatoms. The van der Waals surface area contributed by atoms with Crippen molar-refractivity contribution in [3.63, 3.8) is 0 Å². The van der Waals surface area contributed by atoms with Crippen molar-refractivity contribution in [2.75, 3.05) is 0 Å². The van der Waals surface area contributed by atoms with E-state index in [1.54, 1.807) is 6.08 Å². The number of aromatic nitrogens is 2. The van der Waals surface area contributed by atoms with Crippen LogP contribution in [0.1, 0.15) is 27.2 Å². The number of nitro groups is 1. The van der Waals surface area contributed by atoms with Gasteiger partial charge >= 0.3 is 0 Å². The summed E-state index contributed by atoms with van der Waals surface area (Å²) in [5, 5.41) is 17.9. The van der Waals surface area contributed by atoms with Gasteiger partial charge in [-0.2, -0.15) is 5.10 Å². The number of carbonyl (C=O) groups is 1. The molecule has 27 heavy (non-hydrogen) atoms. The molecule has 0 aliphatic heterocycles. The summed E-state index contributed by atoms with van der Waals surface area (Å²) >= 11 is 5.85. The molecule has 0 atom stereocenters. The van der Waals surface area contributed by atoms with Crippen LogP contribution in [0.3, 0.4) is 0 Å². The van der Waals surface area contributed by atoms with E-state index >= 15 is 0 Å². The second-order valence-corrected chi connectivity index (χ2v) is 6.54. The van der Waals surface area contributed by atoms with E-state index in [2.05, 4.69) is 16.3 Å². The Balaban J connectivity index is 1.77. The van der Waals surface area contributed by atoms with Crippen molar-refractivity contribution in [1.82, 2.24) is 10.2 Å². The van der Waals surface area contributed by atoms with Gasteiger partial charge in [-0.15, -0.1) is 0 Å². The standard InChI is InChI=1S/C20H16ClN3O3/c1-12-3-4-14(9-13(12)2)18-11-16(22-23-18)6-8-20(25)15-5-7-19(24(26)27)17(21)10-15/h3-11H,1-2H3,(H,22,23). The second-order valence-electron chi connectivity index (χ2n) is 6.13. The van der Waals surface area contributed by atoms with Crippen molar-refractivity contribution < 1.29 is 9.72 Å². The normalized spacial score (nSPS) is 11.1. The van der Waals surface area contributed by atoms with Crippen LogP contribution in [-0.2, 0) is 0 Å². The van der Waals surface area contributed by atoms with Crippen molar-refractivity contribution in [2.24, 2.45) is 0 Å². The Hall–Kier alpha value is -3.25. The van der Waals surface area contributed by atoms with Crippen molar-refractivity contribution in [3.8, 4) is 11.3 Å². The van der Waals surface area contributed by atoms with Crippen LogP contribution in [0.2, 0.25) is 5.02 Å². The summed E-state index contributed by atoms with van der Waals surface area (Å²) in [5.74, 6) is -0.311. The maximum Gasteiger partial charge on any atom is 0.287 e. The lowest BCUT2D eigenvalue weighted by molar-refractivity contribution is -0.384. The first-order valence-electron chi connectivity index (χ1n) is 8.14. The highest BCUT2D eigenvalue weighted by Gasteiger charge is 2.14. The van der Waals surface area contributed by atoms with Gasteiger partial charge in [-0.25, -0.2) is 0 Å². The van der Waals surface area contributed by atoms with Crippen LogP contribution in [0.5, 0.6) is 0 Å². The van der Waals surface area contributed by atoms with E-state index in [1.165, 1.54) is 35.4 Å². The number of ketones is 1. The van der Waals surface area contributed by atoms with Crippen LogP contribution in [0, 0.1) is 24.0 Å². The third-order valence-corrected chi connectivity index (χ3v) is 4.55. The topological polar surface area (TPSA) is 88.9 Å². The number of hydrogen-bond donors (Lipinski definition) is 1. The molecule has 3 rings (SSSR count). The molecule has 1 N–H and O–H groups in total. The minimum Gasteiger partial charge on any atom is -0.289 e. The predicted molar refractivity (Wildman–Crippen MR) is 105 cm³/mol. The Bertz CT molecular complexity index is 1070. The maximum atomic E-state index is 12.3. The van der Waals surface area contributed by atoms with Gasteiger partial charge in [-0.05, 0) is 61.4 Å². The third kappa shape index (κ3) is 4.12. The molecule has 1 heterocycles. The number of benzene rings is 2. The van der Waals surface area contributed by atoms with Gasteiger partial charge in [0.25, 0.3) is 5.69 Å². The lowest BCUT2D eigenvalue weighted by atomic mass is 10.0. The number of nitrogens with zero attached hydrogens (tertiary/aromatic N) is 2. The zero-order valence-corrected chi connectivity index (χ0v) is 15.4. The Labute approximate surface area is 160 Å². The van der Waals surface area contributed by atoms with Gasteiger partial charge in [-0.1, -0.05) is 23.7 Å². The van der Waals surface area contributed by atoms with Gasteiger partial charge in [0, 0.05) is 17.2 Å². The van der Waals surface area contributed by atoms with Crippen LogP contribution in [0.4, 0.5) is 5.69 Å². The molecular formula is C20H16ClN3O3. The Morgan fingerprint density at radius 1 is 1.15 bits per heavy atom. The van der Waals surface area contributed by atoms with E-state index in [-0.39, 0.29) is 22.1 Å². The Kier molecular flexibility index (Phi) is 5.19.